The SMILES string of the molecule is c1ccc(-c2ccc3c4ccccc4n(-c4cc(-c5ccc6c7ccccc7c7ccccc7c6c5)cc(-c5nc(-c6ccccc6)nc(-c6cccc7c6oc6ccccc67)n5)c4)c3c2)cc1. The Morgan fingerprint density at radius 1 is 0.279 bits per heavy atom. The quantitative estimate of drug-likeness (QED) is 0.156. The van der Waals surface area contributed by atoms with Crippen molar-refractivity contribution in [2.75, 3.05) is 0 Å². The molecule has 0 unspecified atom stereocenters. The van der Waals surface area contributed by atoms with E-state index in [1.807, 2.05) is 42.5 Å². The van der Waals surface area contributed by atoms with Crippen LogP contribution < -0.4 is 0 Å². The average molecular weight is 867 g/mol. The summed E-state index contributed by atoms with van der Waals surface area (Å²) in [6.07, 6.45) is 0. The zero-order valence-electron chi connectivity index (χ0n) is 36.6. The molecule has 0 bridgehead atoms. The van der Waals surface area contributed by atoms with Gasteiger partial charge in [0.05, 0.1) is 16.6 Å². The Balaban J connectivity index is 1.06. The Bertz CT molecular complexity index is 4290. The van der Waals surface area contributed by atoms with Gasteiger partial charge in [0.1, 0.15) is 11.2 Å². The van der Waals surface area contributed by atoms with E-state index in [1.165, 1.54) is 48.7 Å². The van der Waals surface area contributed by atoms with Gasteiger partial charge in [-0.2, -0.15) is 0 Å². The molecule has 0 saturated carbocycles. The smallest absolute Gasteiger partial charge is 0.167 e. The van der Waals surface area contributed by atoms with Gasteiger partial charge in [-0.05, 0) is 103 Å². The lowest BCUT2D eigenvalue weighted by atomic mass is 9.91. The standard InChI is InChI=1S/C63H38N4O/c1-3-16-39(17-4-1)42-31-33-52-51-24-11-13-28-57(51)67(58(52)38-42)45-35-43(41-30-32-50-48-22-8-7-20-46(48)47-21-9-10-23-49(47)56(50)37-41)34-44(36-45)62-64-61(40-18-5-2-6-19-40)65-63(66-62)55-27-15-26-54-53-25-12-14-29-59(53)68-60(54)55/h1-38H. The number of hydrogen-bond donors (Lipinski definition) is 0. The second-order valence-electron chi connectivity index (χ2n) is 17.5. The van der Waals surface area contributed by atoms with Crippen molar-refractivity contribution in [3.63, 3.8) is 0 Å². The highest BCUT2D eigenvalue weighted by molar-refractivity contribution is 6.26. The first-order valence-electron chi connectivity index (χ1n) is 23.0. The van der Waals surface area contributed by atoms with Crippen molar-refractivity contribution >= 4 is 76.1 Å². The Morgan fingerprint density at radius 3 is 1.53 bits per heavy atom. The monoisotopic (exact) mass is 866 g/mol. The van der Waals surface area contributed by atoms with E-state index in [9.17, 15) is 0 Å². The van der Waals surface area contributed by atoms with Gasteiger partial charge < -0.3 is 8.98 Å². The largest absolute Gasteiger partial charge is 0.455 e. The Kier molecular flexibility index (Phi) is 8.52. The fourth-order valence-electron chi connectivity index (χ4n) is 10.4. The second-order valence-corrected chi connectivity index (χ2v) is 17.5. The molecule has 0 aliphatic heterocycles. The lowest BCUT2D eigenvalue weighted by Gasteiger charge is -2.16. The fraction of sp³-hybridized carbons (Fsp3) is 0. The van der Waals surface area contributed by atoms with Crippen molar-refractivity contribution in [1.82, 2.24) is 19.5 Å². The molecule has 14 aromatic rings. The Labute approximate surface area is 390 Å². The van der Waals surface area contributed by atoms with E-state index in [0.29, 0.717) is 17.5 Å². The summed E-state index contributed by atoms with van der Waals surface area (Å²) in [5, 5.41) is 11.8. The lowest BCUT2D eigenvalue weighted by Crippen LogP contribution is -2.02. The molecular weight excluding hydrogens is 829 g/mol. The van der Waals surface area contributed by atoms with Gasteiger partial charge in [0.2, 0.25) is 0 Å². The molecule has 0 N–H and O–H groups in total. The summed E-state index contributed by atoms with van der Waals surface area (Å²) in [4.78, 5) is 15.9. The van der Waals surface area contributed by atoms with Crippen LogP contribution >= 0.6 is 0 Å². The predicted octanol–water partition coefficient (Wildman–Crippen LogP) is 16.7. The number of hydrogen-bond acceptors (Lipinski definition) is 4. The number of furan rings is 1. The van der Waals surface area contributed by atoms with Crippen molar-refractivity contribution < 1.29 is 4.42 Å². The van der Waals surface area contributed by atoms with E-state index in [0.717, 1.165) is 72.0 Å². The highest BCUT2D eigenvalue weighted by Gasteiger charge is 2.21. The summed E-state index contributed by atoms with van der Waals surface area (Å²) in [7, 11) is 0. The highest BCUT2D eigenvalue weighted by Crippen LogP contribution is 2.42. The van der Waals surface area contributed by atoms with Crippen molar-refractivity contribution in [3.8, 4) is 62.1 Å². The molecular formula is C63H38N4O. The van der Waals surface area contributed by atoms with Crippen LogP contribution in [0.2, 0.25) is 0 Å². The first kappa shape index (κ1) is 38.1. The maximum absolute atomic E-state index is 6.59. The van der Waals surface area contributed by atoms with Crippen LogP contribution in [0.1, 0.15) is 0 Å². The topological polar surface area (TPSA) is 56.7 Å². The number of aromatic nitrogens is 4. The summed E-state index contributed by atoms with van der Waals surface area (Å²) in [6, 6.07) is 81.9. The van der Waals surface area contributed by atoms with Crippen molar-refractivity contribution in [2.24, 2.45) is 0 Å². The number of benzene rings is 11. The van der Waals surface area contributed by atoms with E-state index >= 15 is 0 Å². The molecule has 5 heteroatoms. The van der Waals surface area contributed by atoms with Crippen LogP contribution in [0.3, 0.4) is 0 Å². The van der Waals surface area contributed by atoms with Crippen LogP contribution in [0.15, 0.2) is 235 Å². The van der Waals surface area contributed by atoms with Gasteiger partial charge in [0.25, 0.3) is 0 Å². The summed E-state index contributed by atoms with van der Waals surface area (Å²) in [6.45, 7) is 0. The fourth-order valence-corrected chi connectivity index (χ4v) is 10.4. The number of rotatable bonds is 6. The first-order valence-corrected chi connectivity index (χ1v) is 23.0. The maximum atomic E-state index is 6.59. The Hall–Kier alpha value is -9.19. The van der Waals surface area contributed by atoms with Crippen LogP contribution in [0.4, 0.5) is 0 Å². The molecule has 5 nitrogen and oxygen atoms in total. The molecule has 0 spiro atoms. The summed E-state index contributed by atoms with van der Waals surface area (Å²) >= 11 is 0. The van der Waals surface area contributed by atoms with Crippen LogP contribution in [-0.4, -0.2) is 19.5 Å². The lowest BCUT2D eigenvalue weighted by molar-refractivity contribution is 0.669. The zero-order valence-corrected chi connectivity index (χ0v) is 36.6. The molecule has 11 aromatic carbocycles. The van der Waals surface area contributed by atoms with Gasteiger partial charge in [-0.1, -0.05) is 182 Å². The molecule has 14 rings (SSSR count). The number of fused-ring (bicyclic) bond motifs is 12. The van der Waals surface area contributed by atoms with Gasteiger partial charge >= 0.3 is 0 Å². The van der Waals surface area contributed by atoms with Gasteiger partial charge in [0.15, 0.2) is 17.5 Å². The van der Waals surface area contributed by atoms with Gasteiger partial charge in [-0.3, -0.25) is 0 Å². The molecule has 0 atom stereocenters. The van der Waals surface area contributed by atoms with Gasteiger partial charge in [0, 0.05) is 38.4 Å². The Morgan fingerprint density at radius 2 is 0.794 bits per heavy atom. The second kappa shape index (κ2) is 15.2. The summed E-state index contributed by atoms with van der Waals surface area (Å²) < 4.78 is 8.99. The van der Waals surface area contributed by atoms with E-state index in [2.05, 4.69) is 193 Å². The third-order valence-electron chi connectivity index (χ3n) is 13.6. The van der Waals surface area contributed by atoms with E-state index in [-0.39, 0.29) is 0 Å². The highest BCUT2D eigenvalue weighted by atomic mass is 16.3. The van der Waals surface area contributed by atoms with Gasteiger partial charge in [-0.25, -0.2) is 15.0 Å². The van der Waals surface area contributed by atoms with Crippen LogP contribution in [-0.2, 0) is 0 Å². The number of nitrogens with zero attached hydrogens (tertiary/aromatic N) is 4. The third-order valence-corrected chi connectivity index (χ3v) is 13.6. The van der Waals surface area contributed by atoms with Crippen molar-refractivity contribution in [1.29, 1.82) is 0 Å². The number of para-hydroxylation sites is 3. The normalized spacial score (nSPS) is 11.8. The van der Waals surface area contributed by atoms with E-state index in [4.69, 9.17) is 19.4 Å². The van der Waals surface area contributed by atoms with Crippen LogP contribution in [0, 0.1) is 0 Å². The third kappa shape index (κ3) is 6.06. The van der Waals surface area contributed by atoms with Gasteiger partial charge in [-0.15, -0.1) is 0 Å². The summed E-state index contributed by atoms with van der Waals surface area (Å²) in [5.74, 6) is 1.69. The van der Waals surface area contributed by atoms with Crippen LogP contribution in [0.25, 0.3) is 138 Å². The molecule has 3 heterocycles. The molecule has 0 fully saturated rings. The van der Waals surface area contributed by atoms with E-state index < -0.39 is 0 Å². The minimum absolute atomic E-state index is 0.541. The molecule has 316 valence electrons. The molecule has 0 saturated heterocycles. The molecule has 68 heavy (non-hydrogen) atoms. The van der Waals surface area contributed by atoms with E-state index in [1.54, 1.807) is 0 Å². The minimum atomic E-state index is 0.541. The van der Waals surface area contributed by atoms with Crippen LogP contribution in [0.5, 0.6) is 0 Å². The van der Waals surface area contributed by atoms with Crippen molar-refractivity contribution in [2.45, 2.75) is 0 Å². The predicted molar refractivity (Wildman–Crippen MR) is 281 cm³/mol. The molecule has 3 aromatic heterocycles. The average Bonchev–Trinajstić information content (AvgIpc) is 3.97. The first-order chi connectivity index (χ1) is 33.7. The molecule has 0 aliphatic rings. The molecule has 0 amide bonds. The maximum Gasteiger partial charge on any atom is 0.167 e. The minimum Gasteiger partial charge on any atom is -0.455 e. The summed E-state index contributed by atoms with van der Waals surface area (Å²) in [5.41, 5.74) is 11.8. The zero-order chi connectivity index (χ0) is 44.7. The molecule has 0 aliphatic carbocycles. The van der Waals surface area contributed by atoms with Crippen molar-refractivity contribution in [3.05, 3.63) is 231 Å². The molecule has 0 radical (unpaired) electrons.